The topological polar surface area (TPSA) is 76.2 Å². The zero-order chi connectivity index (χ0) is 21.6. The molecule has 3 aromatic carbocycles. The highest BCUT2D eigenvalue weighted by molar-refractivity contribution is 5.95. The standard InChI is InChI=1S/C25H23N3O3/c1-18-9-5-8-14-22(18)31-17-23(29)26-27-24-20-12-6-7-13-21(20)28(25(24)30)16-15-19-10-3-2-4-11-19/h2-14,30H,15-17H2,1H3. The minimum atomic E-state index is -0.524. The molecule has 0 fully saturated rings. The van der Waals surface area contributed by atoms with Crippen LogP contribution in [0.5, 0.6) is 11.6 Å². The van der Waals surface area contributed by atoms with Gasteiger partial charge in [-0.15, -0.1) is 10.2 Å². The summed E-state index contributed by atoms with van der Waals surface area (Å²) in [6, 6.07) is 25.1. The number of ether oxygens (including phenoxy) is 1. The largest absolute Gasteiger partial charge is 0.493 e. The summed E-state index contributed by atoms with van der Waals surface area (Å²) < 4.78 is 7.32. The summed E-state index contributed by atoms with van der Waals surface area (Å²) in [6.07, 6.45) is 0.757. The van der Waals surface area contributed by atoms with Crippen LogP contribution in [0.3, 0.4) is 0 Å². The highest BCUT2D eigenvalue weighted by Gasteiger charge is 2.16. The third-order valence-electron chi connectivity index (χ3n) is 5.09. The maximum Gasteiger partial charge on any atom is 0.302 e. The molecule has 0 unspecified atom stereocenters. The fraction of sp³-hybridized carbons (Fsp3) is 0.160. The van der Waals surface area contributed by atoms with Gasteiger partial charge in [0.15, 0.2) is 12.3 Å². The van der Waals surface area contributed by atoms with Crippen LogP contribution in [0, 0.1) is 6.92 Å². The first kappa shape index (κ1) is 20.3. The fourth-order valence-electron chi connectivity index (χ4n) is 3.47. The monoisotopic (exact) mass is 413 g/mol. The van der Waals surface area contributed by atoms with Crippen molar-refractivity contribution in [3.05, 3.63) is 90.0 Å². The Morgan fingerprint density at radius 1 is 0.968 bits per heavy atom. The van der Waals surface area contributed by atoms with E-state index in [9.17, 15) is 9.90 Å². The molecule has 0 atom stereocenters. The average Bonchev–Trinajstić information content (AvgIpc) is 3.07. The van der Waals surface area contributed by atoms with E-state index >= 15 is 0 Å². The van der Waals surface area contributed by atoms with Crippen LogP contribution in [0.1, 0.15) is 11.1 Å². The second-order valence-electron chi connectivity index (χ2n) is 7.22. The van der Waals surface area contributed by atoms with Crippen LogP contribution in [0.4, 0.5) is 5.69 Å². The van der Waals surface area contributed by atoms with Crippen LogP contribution in [0.25, 0.3) is 10.9 Å². The Balaban J connectivity index is 1.52. The van der Waals surface area contributed by atoms with Crippen molar-refractivity contribution >= 4 is 22.5 Å². The lowest BCUT2D eigenvalue weighted by Crippen LogP contribution is -2.08. The smallest absolute Gasteiger partial charge is 0.302 e. The van der Waals surface area contributed by atoms with E-state index in [4.69, 9.17) is 4.74 Å². The number of carbonyl (C=O) groups is 1. The number of rotatable bonds is 7. The first-order valence-electron chi connectivity index (χ1n) is 10.1. The van der Waals surface area contributed by atoms with Crippen molar-refractivity contribution < 1.29 is 14.6 Å². The van der Waals surface area contributed by atoms with Crippen molar-refractivity contribution in [1.82, 2.24) is 4.57 Å². The Bertz CT molecular complexity index is 1230. The van der Waals surface area contributed by atoms with E-state index in [-0.39, 0.29) is 18.2 Å². The fourth-order valence-corrected chi connectivity index (χ4v) is 3.47. The second kappa shape index (κ2) is 9.26. The van der Waals surface area contributed by atoms with Crippen molar-refractivity contribution in [2.45, 2.75) is 19.9 Å². The molecule has 1 aromatic heterocycles. The lowest BCUT2D eigenvalue weighted by atomic mass is 10.1. The number of fused-ring (bicyclic) bond motifs is 1. The zero-order valence-corrected chi connectivity index (χ0v) is 17.2. The molecule has 31 heavy (non-hydrogen) atoms. The van der Waals surface area contributed by atoms with Crippen LogP contribution in [-0.4, -0.2) is 22.2 Å². The molecule has 0 aliphatic heterocycles. The molecule has 0 aliphatic carbocycles. The average molecular weight is 413 g/mol. The third kappa shape index (κ3) is 4.64. The molecule has 0 bridgehead atoms. The van der Waals surface area contributed by atoms with Gasteiger partial charge in [0.25, 0.3) is 0 Å². The molecule has 4 rings (SSSR count). The number of hydrogen-bond acceptors (Lipinski definition) is 4. The number of hydrogen-bond donors (Lipinski definition) is 1. The van der Waals surface area contributed by atoms with Crippen molar-refractivity contribution in [2.75, 3.05) is 6.61 Å². The number of aryl methyl sites for hydroxylation is 3. The molecule has 4 aromatic rings. The Morgan fingerprint density at radius 2 is 1.68 bits per heavy atom. The van der Waals surface area contributed by atoms with Gasteiger partial charge in [-0.3, -0.25) is 4.79 Å². The van der Waals surface area contributed by atoms with Gasteiger partial charge in [0.1, 0.15) is 5.75 Å². The molecule has 1 N–H and O–H groups in total. The quantitative estimate of drug-likeness (QED) is 0.401. The van der Waals surface area contributed by atoms with Gasteiger partial charge in [-0.2, -0.15) is 0 Å². The molecule has 6 nitrogen and oxygen atoms in total. The minimum Gasteiger partial charge on any atom is -0.493 e. The SMILES string of the molecule is Cc1ccccc1OCC(=O)N=Nc1c(O)n(CCc2ccccc2)c2ccccc12. The van der Waals surface area contributed by atoms with E-state index in [1.165, 1.54) is 5.56 Å². The summed E-state index contributed by atoms with van der Waals surface area (Å²) in [5.74, 6) is 0.101. The van der Waals surface area contributed by atoms with Crippen molar-refractivity contribution in [1.29, 1.82) is 0 Å². The van der Waals surface area contributed by atoms with E-state index < -0.39 is 5.91 Å². The Kier molecular flexibility index (Phi) is 6.08. The number of aromatic nitrogens is 1. The highest BCUT2D eigenvalue weighted by atomic mass is 16.5. The van der Waals surface area contributed by atoms with Gasteiger partial charge < -0.3 is 14.4 Å². The normalized spacial score (nSPS) is 11.3. The number of para-hydroxylation sites is 2. The van der Waals surface area contributed by atoms with Gasteiger partial charge >= 0.3 is 5.91 Å². The Morgan fingerprint density at radius 3 is 2.48 bits per heavy atom. The van der Waals surface area contributed by atoms with Gasteiger partial charge in [0, 0.05) is 11.9 Å². The van der Waals surface area contributed by atoms with E-state index in [0.717, 1.165) is 22.9 Å². The van der Waals surface area contributed by atoms with Gasteiger partial charge in [-0.1, -0.05) is 66.7 Å². The predicted octanol–water partition coefficient (Wildman–Crippen LogP) is 5.59. The number of benzene rings is 3. The van der Waals surface area contributed by atoms with Gasteiger partial charge in [0.2, 0.25) is 5.88 Å². The molecule has 0 saturated carbocycles. The molecule has 0 aliphatic rings. The van der Waals surface area contributed by atoms with E-state index in [0.29, 0.717) is 12.3 Å². The van der Waals surface area contributed by atoms with Crippen molar-refractivity contribution in [3.63, 3.8) is 0 Å². The van der Waals surface area contributed by atoms with E-state index in [1.54, 1.807) is 10.6 Å². The van der Waals surface area contributed by atoms with Crippen LogP contribution in [-0.2, 0) is 17.8 Å². The molecule has 6 heteroatoms. The number of aromatic hydroxyl groups is 1. The predicted molar refractivity (Wildman–Crippen MR) is 120 cm³/mol. The minimum absolute atomic E-state index is 0.00602. The number of azo groups is 1. The Hall–Kier alpha value is -3.93. The first-order valence-corrected chi connectivity index (χ1v) is 10.1. The molecule has 156 valence electrons. The van der Waals surface area contributed by atoms with Crippen LogP contribution in [0.15, 0.2) is 89.1 Å². The van der Waals surface area contributed by atoms with E-state index in [1.807, 2.05) is 67.6 Å². The molecular formula is C25H23N3O3. The summed E-state index contributed by atoms with van der Waals surface area (Å²) in [4.78, 5) is 12.2. The van der Waals surface area contributed by atoms with Crippen LogP contribution < -0.4 is 4.74 Å². The lowest BCUT2D eigenvalue weighted by Gasteiger charge is -2.07. The lowest BCUT2D eigenvalue weighted by molar-refractivity contribution is -0.120. The summed E-state index contributed by atoms with van der Waals surface area (Å²) >= 11 is 0. The summed E-state index contributed by atoms with van der Waals surface area (Å²) in [6.45, 7) is 2.27. The molecule has 1 heterocycles. The maximum atomic E-state index is 12.2. The van der Waals surface area contributed by atoms with E-state index in [2.05, 4.69) is 22.4 Å². The molecule has 0 spiro atoms. The van der Waals surface area contributed by atoms with Crippen LogP contribution in [0.2, 0.25) is 0 Å². The second-order valence-corrected chi connectivity index (χ2v) is 7.22. The number of amides is 1. The summed E-state index contributed by atoms with van der Waals surface area (Å²) in [5.41, 5.74) is 3.24. The van der Waals surface area contributed by atoms with Gasteiger partial charge in [-0.25, -0.2) is 0 Å². The molecule has 1 amide bonds. The number of carbonyl (C=O) groups excluding carboxylic acids is 1. The summed E-state index contributed by atoms with van der Waals surface area (Å²) in [7, 11) is 0. The number of nitrogens with zero attached hydrogens (tertiary/aromatic N) is 3. The van der Waals surface area contributed by atoms with Crippen LogP contribution >= 0.6 is 0 Å². The molecule has 0 saturated heterocycles. The van der Waals surface area contributed by atoms with Gasteiger partial charge in [0.05, 0.1) is 5.52 Å². The maximum absolute atomic E-state index is 12.2. The molecular weight excluding hydrogens is 390 g/mol. The molecule has 0 radical (unpaired) electrons. The van der Waals surface area contributed by atoms with Crippen molar-refractivity contribution in [2.24, 2.45) is 10.2 Å². The zero-order valence-electron chi connectivity index (χ0n) is 17.2. The third-order valence-corrected chi connectivity index (χ3v) is 5.09. The first-order chi connectivity index (χ1) is 15.1. The van der Waals surface area contributed by atoms with Crippen molar-refractivity contribution in [3.8, 4) is 11.6 Å². The highest BCUT2D eigenvalue weighted by Crippen LogP contribution is 2.38. The summed E-state index contributed by atoms with van der Waals surface area (Å²) in [5, 5.41) is 19.4. The van der Waals surface area contributed by atoms with Gasteiger partial charge in [-0.05, 0) is 36.6 Å². The Labute approximate surface area is 180 Å².